The van der Waals surface area contributed by atoms with Crippen LogP contribution < -0.4 is 5.32 Å². The third kappa shape index (κ3) is 5.00. The summed E-state index contributed by atoms with van der Waals surface area (Å²) >= 11 is 12.0. The van der Waals surface area contributed by atoms with Crippen LogP contribution in [-0.4, -0.2) is 17.0 Å². The molecule has 0 saturated carbocycles. The van der Waals surface area contributed by atoms with E-state index in [1.54, 1.807) is 72.8 Å². The summed E-state index contributed by atoms with van der Waals surface area (Å²) in [5, 5.41) is 13.1. The van der Waals surface area contributed by atoms with Crippen molar-refractivity contribution in [3.63, 3.8) is 0 Å². The Balaban J connectivity index is 1.90. The van der Waals surface area contributed by atoms with Gasteiger partial charge in [-0.05, 0) is 53.6 Å². The zero-order valence-corrected chi connectivity index (χ0v) is 16.0. The van der Waals surface area contributed by atoms with Crippen molar-refractivity contribution in [3.8, 4) is 0 Å². The topological polar surface area (TPSA) is 66.4 Å². The first kappa shape index (κ1) is 19.7. The quantitative estimate of drug-likeness (QED) is 0.497. The van der Waals surface area contributed by atoms with Gasteiger partial charge in [0.05, 0.1) is 11.3 Å². The first-order valence-electron chi connectivity index (χ1n) is 8.30. The molecular formula is C22H15Cl2NO3. The fourth-order valence-electron chi connectivity index (χ4n) is 2.60. The molecule has 0 fully saturated rings. The number of carbonyl (C=O) groups is 2. The first-order valence-corrected chi connectivity index (χ1v) is 9.06. The maximum absolute atomic E-state index is 12.4. The Labute approximate surface area is 172 Å². The van der Waals surface area contributed by atoms with Gasteiger partial charge in [-0.25, -0.2) is 4.79 Å². The second kappa shape index (κ2) is 8.74. The number of hydrogen-bond acceptors (Lipinski definition) is 2. The largest absolute Gasteiger partial charge is 0.478 e. The van der Waals surface area contributed by atoms with Crippen LogP contribution in [-0.2, 0) is 0 Å². The molecule has 0 aliphatic carbocycles. The molecule has 0 saturated heterocycles. The maximum Gasteiger partial charge on any atom is 0.337 e. The minimum absolute atomic E-state index is 0.00670. The molecule has 140 valence electrons. The van der Waals surface area contributed by atoms with Crippen LogP contribution in [0.2, 0.25) is 10.0 Å². The average Bonchev–Trinajstić information content (AvgIpc) is 2.66. The van der Waals surface area contributed by atoms with Crippen molar-refractivity contribution in [2.75, 3.05) is 5.32 Å². The Kier molecular flexibility index (Phi) is 6.14. The van der Waals surface area contributed by atoms with Crippen molar-refractivity contribution >= 4 is 52.9 Å². The number of carboxylic acid groups (broad SMARTS) is 1. The van der Waals surface area contributed by atoms with Crippen molar-refractivity contribution < 1.29 is 14.7 Å². The standard InChI is InChI=1S/C22H15Cl2NO3/c23-17-10-15(11-18(24)13-17)7-6-14-8-9-19(22(27)28)20(12-14)25-21(26)16-4-2-1-3-5-16/h1-13H,(H,25,26)(H,27,28). The molecule has 0 heterocycles. The molecule has 3 aromatic rings. The van der Waals surface area contributed by atoms with Crippen molar-refractivity contribution in [1.29, 1.82) is 0 Å². The molecule has 1 amide bonds. The number of rotatable bonds is 5. The Morgan fingerprint density at radius 2 is 1.46 bits per heavy atom. The smallest absolute Gasteiger partial charge is 0.337 e. The SMILES string of the molecule is O=C(Nc1cc(C=Cc2cc(Cl)cc(Cl)c2)ccc1C(=O)O)c1ccccc1. The highest BCUT2D eigenvalue weighted by molar-refractivity contribution is 6.34. The molecule has 0 aromatic heterocycles. The van der Waals surface area contributed by atoms with Gasteiger partial charge in [0.2, 0.25) is 0 Å². The van der Waals surface area contributed by atoms with Gasteiger partial charge < -0.3 is 10.4 Å². The van der Waals surface area contributed by atoms with Gasteiger partial charge in [-0.3, -0.25) is 4.79 Å². The van der Waals surface area contributed by atoms with Gasteiger partial charge in [-0.2, -0.15) is 0 Å². The lowest BCUT2D eigenvalue weighted by Crippen LogP contribution is -2.14. The van der Waals surface area contributed by atoms with Crippen LogP contribution in [0.1, 0.15) is 31.8 Å². The van der Waals surface area contributed by atoms with Gasteiger partial charge in [-0.15, -0.1) is 0 Å². The summed E-state index contributed by atoms with van der Waals surface area (Å²) in [6.07, 6.45) is 3.59. The Morgan fingerprint density at radius 3 is 2.11 bits per heavy atom. The maximum atomic E-state index is 12.4. The van der Waals surface area contributed by atoms with Gasteiger partial charge in [0.1, 0.15) is 0 Å². The molecule has 0 atom stereocenters. The minimum atomic E-state index is -1.12. The summed E-state index contributed by atoms with van der Waals surface area (Å²) in [4.78, 5) is 23.9. The molecule has 28 heavy (non-hydrogen) atoms. The van der Waals surface area contributed by atoms with E-state index in [4.69, 9.17) is 23.2 Å². The summed E-state index contributed by atoms with van der Waals surface area (Å²) in [5.74, 6) is -1.51. The number of amides is 1. The number of nitrogens with one attached hydrogen (secondary N) is 1. The number of benzene rings is 3. The lowest BCUT2D eigenvalue weighted by Gasteiger charge is -2.10. The summed E-state index contributed by atoms with van der Waals surface area (Å²) < 4.78 is 0. The molecule has 3 aromatic carbocycles. The second-order valence-corrected chi connectivity index (χ2v) is 6.84. The zero-order valence-electron chi connectivity index (χ0n) is 14.5. The molecule has 6 heteroatoms. The van der Waals surface area contributed by atoms with Gasteiger partial charge >= 0.3 is 5.97 Å². The highest BCUT2D eigenvalue weighted by Gasteiger charge is 2.14. The molecule has 0 spiro atoms. The average molecular weight is 412 g/mol. The van der Waals surface area contributed by atoms with Crippen molar-refractivity contribution in [3.05, 3.63) is 99.0 Å². The monoisotopic (exact) mass is 411 g/mol. The number of carbonyl (C=O) groups excluding carboxylic acids is 1. The van der Waals surface area contributed by atoms with E-state index >= 15 is 0 Å². The van der Waals surface area contributed by atoms with Crippen LogP contribution >= 0.6 is 23.2 Å². The summed E-state index contributed by atoms with van der Waals surface area (Å²) in [5.41, 5.74) is 2.17. The Hall–Kier alpha value is -3.08. The van der Waals surface area contributed by atoms with E-state index in [-0.39, 0.29) is 17.2 Å². The van der Waals surface area contributed by atoms with Gasteiger partial charge in [0.15, 0.2) is 0 Å². The Morgan fingerprint density at radius 1 is 0.821 bits per heavy atom. The van der Waals surface area contributed by atoms with Gasteiger partial charge in [-0.1, -0.05) is 59.6 Å². The molecule has 0 aliphatic rings. The van der Waals surface area contributed by atoms with Crippen LogP contribution in [0.25, 0.3) is 12.2 Å². The number of anilines is 1. The first-order chi connectivity index (χ1) is 13.4. The predicted molar refractivity (Wildman–Crippen MR) is 113 cm³/mol. The third-order valence-electron chi connectivity index (χ3n) is 3.91. The van der Waals surface area contributed by atoms with Crippen LogP contribution in [0, 0.1) is 0 Å². The molecule has 0 bridgehead atoms. The molecule has 0 aliphatic heterocycles. The fourth-order valence-corrected chi connectivity index (χ4v) is 3.15. The zero-order chi connectivity index (χ0) is 20.1. The summed E-state index contributed by atoms with van der Waals surface area (Å²) in [6, 6.07) is 18.5. The van der Waals surface area contributed by atoms with Gasteiger partial charge in [0, 0.05) is 15.6 Å². The van der Waals surface area contributed by atoms with E-state index < -0.39 is 5.97 Å². The van der Waals surface area contributed by atoms with Crippen molar-refractivity contribution in [2.24, 2.45) is 0 Å². The lowest BCUT2D eigenvalue weighted by molar-refractivity contribution is 0.0698. The minimum Gasteiger partial charge on any atom is -0.478 e. The van der Waals surface area contributed by atoms with Crippen LogP contribution in [0.15, 0.2) is 66.7 Å². The molecule has 3 rings (SSSR count). The molecule has 2 N–H and O–H groups in total. The van der Waals surface area contributed by atoms with E-state index in [1.165, 1.54) is 6.07 Å². The molecule has 0 unspecified atom stereocenters. The predicted octanol–water partition coefficient (Wildman–Crippen LogP) is 6.11. The number of aromatic carboxylic acids is 1. The summed E-state index contributed by atoms with van der Waals surface area (Å²) in [6.45, 7) is 0. The van der Waals surface area contributed by atoms with E-state index in [2.05, 4.69) is 5.32 Å². The third-order valence-corrected chi connectivity index (χ3v) is 4.35. The molecule has 4 nitrogen and oxygen atoms in total. The highest BCUT2D eigenvalue weighted by Crippen LogP contribution is 2.23. The van der Waals surface area contributed by atoms with E-state index in [9.17, 15) is 14.7 Å². The van der Waals surface area contributed by atoms with E-state index in [0.717, 1.165) is 5.56 Å². The number of halogens is 2. The highest BCUT2D eigenvalue weighted by atomic mass is 35.5. The molecular weight excluding hydrogens is 397 g/mol. The van der Waals surface area contributed by atoms with Crippen LogP contribution in [0.3, 0.4) is 0 Å². The second-order valence-electron chi connectivity index (χ2n) is 5.97. The fraction of sp³-hybridized carbons (Fsp3) is 0. The van der Waals surface area contributed by atoms with E-state index in [1.807, 2.05) is 0 Å². The number of hydrogen-bond donors (Lipinski definition) is 2. The molecule has 0 radical (unpaired) electrons. The Bertz CT molecular complexity index is 1040. The van der Waals surface area contributed by atoms with E-state index in [0.29, 0.717) is 21.2 Å². The van der Waals surface area contributed by atoms with Gasteiger partial charge in [0.25, 0.3) is 5.91 Å². The lowest BCUT2D eigenvalue weighted by atomic mass is 10.1. The van der Waals surface area contributed by atoms with Crippen LogP contribution in [0.4, 0.5) is 5.69 Å². The van der Waals surface area contributed by atoms with Crippen molar-refractivity contribution in [2.45, 2.75) is 0 Å². The number of carboxylic acids is 1. The van der Waals surface area contributed by atoms with Crippen molar-refractivity contribution in [1.82, 2.24) is 0 Å². The van der Waals surface area contributed by atoms with Crippen LogP contribution in [0.5, 0.6) is 0 Å². The normalized spacial score (nSPS) is 10.8. The summed E-state index contributed by atoms with van der Waals surface area (Å²) in [7, 11) is 0.